The molecule has 31 heavy (non-hydrogen) atoms. The van der Waals surface area contributed by atoms with Gasteiger partial charge in [-0.05, 0) is 58.3 Å². The fourth-order valence-corrected chi connectivity index (χ4v) is 4.08. The Morgan fingerprint density at radius 2 is 1.74 bits per heavy atom. The van der Waals surface area contributed by atoms with Crippen LogP contribution in [0.5, 0.6) is 0 Å². The molecule has 0 bridgehead atoms. The lowest BCUT2D eigenvalue weighted by atomic mass is 9.78. The molecule has 1 fully saturated rings. The molecule has 158 valence electrons. The summed E-state index contributed by atoms with van der Waals surface area (Å²) in [5.74, 6) is 0. The van der Waals surface area contributed by atoms with Gasteiger partial charge in [-0.25, -0.2) is 4.79 Å². The van der Waals surface area contributed by atoms with Gasteiger partial charge in [0.15, 0.2) is 0 Å². The molecule has 0 spiro atoms. The van der Waals surface area contributed by atoms with Crippen LogP contribution in [0.4, 0.5) is 0 Å². The zero-order valence-corrected chi connectivity index (χ0v) is 18.6. The van der Waals surface area contributed by atoms with Crippen LogP contribution in [0, 0.1) is 6.92 Å². The quantitative estimate of drug-likeness (QED) is 0.470. The summed E-state index contributed by atoms with van der Waals surface area (Å²) in [7, 11) is 1.27. The minimum Gasteiger partial charge on any atom is -0.399 e. The summed E-state index contributed by atoms with van der Waals surface area (Å²) < 4.78 is 15.8. The van der Waals surface area contributed by atoms with Crippen molar-refractivity contribution in [3.05, 3.63) is 58.9 Å². The van der Waals surface area contributed by atoms with Crippen LogP contribution in [0.1, 0.15) is 33.4 Å². The maximum atomic E-state index is 13.2. The summed E-state index contributed by atoms with van der Waals surface area (Å²) in [5.41, 5.74) is 3.78. The molecular weight excluding hydrogens is 391 g/mol. The number of fused-ring (bicyclic) bond motifs is 3. The summed E-state index contributed by atoms with van der Waals surface area (Å²) in [6.07, 6.45) is 3.47. The van der Waals surface area contributed by atoms with Gasteiger partial charge in [-0.15, -0.1) is 0 Å². The van der Waals surface area contributed by atoms with E-state index in [2.05, 4.69) is 9.97 Å². The second kappa shape index (κ2) is 6.51. The molecule has 0 unspecified atom stereocenters. The molecule has 1 aromatic carbocycles. The van der Waals surface area contributed by atoms with Gasteiger partial charge in [-0.2, -0.15) is 0 Å². The standard InChI is InChI=1S/C23H25BN4O3/c1-14-18(8-7-11-25-14)28-20-16-12-15(24-30-22(2,3)23(4,5)31-24)9-10-17(16)26-13-19(20)27(6)21(28)29/h7-13H,1-6H3. The Bertz CT molecular complexity index is 1390. The summed E-state index contributed by atoms with van der Waals surface area (Å²) in [5, 5.41) is 0.866. The topological polar surface area (TPSA) is 71.2 Å². The third kappa shape index (κ3) is 2.86. The van der Waals surface area contributed by atoms with E-state index < -0.39 is 18.3 Å². The lowest BCUT2D eigenvalue weighted by molar-refractivity contribution is 0.00578. The number of aryl methyl sites for hydroxylation is 2. The van der Waals surface area contributed by atoms with Gasteiger partial charge in [-0.3, -0.25) is 19.1 Å². The number of imidazole rings is 1. The van der Waals surface area contributed by atoms with Crippen LogP contribution in [0.2, 0.25) is 0 Å². The van der Waals surface area contributed by atoms with Crippen LogP contribution in [-0.2, 0) is 16.4 Å². The highest BCUT2D eigenvalue weighted by atomic mass is 16.7. The molecule has 0 atom stereocenters. The molecular formula is C23H25BN4O3. The predicted molar refractivity (Wildman–Crippen MR) is 122 cm³/mol. The number of benzene rings is 1. The van der Waals surface area contributed by atoms with E-state index in [-0.39, 0.29) is 5.69 Å². The van der Waals surface area contributed by atoms with Gasteiger partial charge >= 0.3 is 12.8 Å². The Hall–Kier alpha value is -2.97. The largest absolute Gasteiger partial charge is 0.494 e. The highest BCUT2D eigenvalue weighted by Gasteiger charge is 2.51. The zero-order valence-electron chi connectivity index (χ0n) is 18.6. The van der Waals surface area contributed by atoms with Crippen LogP contribution in [0.3, 0.4) is 0 Å². The molecule has 5 rings (SSSR count). The van der Waals surface area contributed by atoms with Gasteiger partial charge in [0, 0.05) is 18.6 Å². The lowest BCUT2D eigenvalue weighted by Gasteiger charge is -2.32. The molecule has 1 saturated heterocycles. The Kier molecular flexibility index (Phi) is 4.20. The molecule has 4 heterocycles. The highest BCUT2D eigenvalue weighted by Crippen LogP contribution is 2.37. The lowest BCUT2D eigenvalue weighted by Crippen LogP contribution is -2.41. The summed E-state index contributed by atoms with van der Waals surface area (Å²) in [4.78, 5) is 22.2. The van der Waals surface area contributed by atoms with Gasteiger partial charge in [0.05, 0.1) is 45.3 Å². The molecule has 8 heteroatoms. The molecule has 0 saturated carbocycles. The normalized spacial score (nSPS) is 17.7. The molecule has 3 aromatic heterocycles. The number of aromatic nitrogens is 4. The second-order valence-corrected chi connectivity index (χ2v) is 9.14. The first kappa shape index (κ1) is 20.0. The average Bonchev–Trinajstić information content (AvgIpc) is 3.11. The fraction of sp³-hybridized carbons (Fsp3) is 0.348. The summed E-state index contributed by atoms with van der Waals surface area (Å²) in [6, 6.07) is 9.70. The van der Waals surface area contributed by atoms with Crippen molar-refractivity contribution in [1.82, 2.24) is 19.1 Å². The van der Waals surface area contributed by atoms with Gasteiger partial charge in [0.25, 0.3) is 0 Å². The Morgan fingerprint density at radius 1 is 1.03 bits per heavy atom. The highest BCUT2D eigenvalue weighted by molar-refractivity contribution is 6.62. The monoisotopic (exact) mass is 416 g/mol. The molecule has 1 aliphatic heterocycles. The van der Waals surface area contributed by atoms with Crippen LogP contribution in [0.15, 0.2) is 47.5 Å². The van der Waals surface area contributed by atoms with E-state index >= 15 is 0 Å². The number of nitrogens with zero attached hydrogens (tertiary/aromatic N) is 4. The molecule has 1 aliphatic rings. The van der Waals surface area contributed by atoms with E-state index in [1.54, 1.807) is 28.6 Å². The van der Waals surface area contributed by atoms with E-state index in [0.29, 0.717) is 0 Å². The Balaban J connectivity index is 1.79. The minimum absolute atomic E-state index is 0.138. The molecule has 0 radical (unpaired) electrons. The van der Waals surface area contributed by atoms with Gasteiger partial charge < -0.3 is 9.31 Å². The maximum absolute atomic E-state index is 13.2. The fourth-order valence-electron chi connectivity index (χ4n) is 4.08. The van der Waals surface area contributed by atoms with E-state index in [1.807, 2.05) is 65.0 Å². The van der Waals surface area contributed by atoms with Crippen molar-refractivity contribution in [2.45, 2.75) is 45.8 Å². The Labute approximate surface area is 180 Å². The van der Waals surface area contributed by atoms with Crippen molar-refractivity contribution in [2.75, 3.05) is 0 Å². The van der Waals surface area contributed by atoms with Crippen molar-refractivity contribution in [2.24, 2.45) is 7.05 Å². The van der Waals surface area contributed by atoms with E-state index in [4.69, 9.17) is 9.31 Å². The van der Waals surface area contributed by atoms with Crippen LogP contribution in [-0.4, -0.2) is 37.4 Å². The van der Waals surface area contributed by atoms with E-state index in [0.717, 1.165) is 38.8 Å². The first-order valence-electron chi connectivity index (χ1n) is 10.4. The first-order chi connectivity index (χ1) is 14.6. The number of pyridine rings is 2. The molecule has 0 N–H and O–H groups in total. The number of hydrogen-bond acceptors (Lipinski definition) is 5. The van der Waals surface area contributed by atoms with Crippen molar-refractivity contribution < 1.29 is 9.31 Å². The van der Waals surface area contributed by atoms with Crippen LogP contribution < -0.4 is 11.2 Å². The van der Waals surface area contributed by atoms with Crippen molar-refractivity contribution >= 4 is 34.5 Å². The number of rotatable bonds is 2. The van der Waals surface area contributed by atoms with Crippen molar-refractivity contribution in [3.8, 4) is 5.69 Å². The van der Waals surface area contributed by atoms with E-state index in [1.165, 1.54) is 0 Å². The summed E-state index contributed by atoms with van der Waals surface area (Å²) in [6.45, 7) is 10.0. The van der Waals surface area contributed by atoms with Gasteiger partial charge in [-0.1, -0.05) is 12.1 Å². The molecule has 4 aromatic rings. The number of hydrogen-bond donors (Lipinski definition) is 0. The SMILES string of the molecule is Cc1ncccc1-n1c(=O)n(C)c2cnc3ccc(B4OC(C)(C)C(C)(C)O4)cc3c21. The smallest absolute Gasteiger partial charge is 0.399 e. The zero-order chi connectivity index (χ0) is 22.1. The summed E-state index contributed by atoms with van der Waals surface area (Å²) >= 11 is 0. The van der Waals surface area contributed by atoms with E-state index in [9.17, 15) is 4.79 Å². The van der Waals surface area contributed by atoms with Crippen LogP contribution in [0.25, 0.3) is 27.6 Å². The first-order valence-corrected chi connectivity index (χ1v) is 10.4. The predicted octanol–water partition coefficient (Wildman–Crippen LogP) is 2.88. The Morgan fingerprint density at radius 3 is 2.42 bits per heavy atom. The average molecular weight is 416 g/mol. The van der Waals surface area contributed by atoms with Crippen LogP contribution >= 0.6 is 0 Å². The third-order valence-electron chi connectivity index (χ3n) is 6.65. The second-order valence-electron chi connectivity index (χ2n) is 9.14. The van der Waals surface area contributed by atoms with Crippen molar-refractivity contribution in [1.29, 1.82) is 0 Å². The van der Waals surface area contributed by atoms with Gasteiger partial charge in [0.1, 0.15) is 0 Å². The maximum Gasteiger partial charge on any atom is 0.494 e. The third-order valence-corrected chi connectivity index (χ3v) is 6.65. The molecule has 0 amide bonds. The minimum atomic E-state index is -0.492. The molecule has 0 aliphatic carbocycles. The molecule has 7 nitrogen and oxygen atoms in total. The van der Waals surface area contributed by atoms with Gasteiger partial charge in [0.2, 0.25) is 0 Å². The van der Waals surface area contributed by atoms with Crippen molar-refractivity contribution in [3.63, 3.8) is 0 Å².